The van der Waals surface area contributed by atoms with E-state index in [4.69, 9.17) is 0 Å². The molecular formula is C12H9N3S2. The average Bonchev–Trinajstić information content (AvgIpc) is 2.70. The van der Waals surface area contributed by atoms with E-state index in [1.165, 1.54) is 4.88 Å². The van der Waals surface area contributed by atoms with Crippen molar-refractivity contribution in [1.82, 2.24) is 0 Å². The van der Waals surface area contributed by atoms with Crippen LogP contribution in [0.25, 0.3) is 6.08 Å². The van der Waals surface area contributed by atoms with E-state index in [0.717, 1.165) is 23.3 Å². The fourth-order valence-corrected chi connectivity index (χ4v) is 4.94. The Morgan fingerprint density at radius 2 is 1.88 bits per heavy atom. The third-order valence-corrected chi connectivity index (χ3v) is 5.95. The van der Waals surface area contributed by atoms with Crippen LogP contribution in [-0.2, 0) is 6.42 Å². The second kappa shape index (κ2) is 4.26. The van der Waals surface area contributed by atoms with Gasteiger partial charge in [-0.05, 0) is 19.8 Å². The molecule has 3 nitrogen and oxygen atoms in total. The molecule has 0 unspecified atom stereocenters. The molecule has 5 heteroatoms. The lowest BCUT2D eigenvalue weighted by Crippen LogP contribution is -1.97. The number of hydrogen-bond acceptors (Lipinski definition) is 4. The third-order valence-electron chi connectivity index (χ3n) is 2.68. The minimum atomic E-state index is -2.64. The molecule has 2 rings (SSSR count). The van der Waals surface area contributed by atoms with Crippen LogP contribution in [0, 0.1) is 38.9 Å². The van der Waals surface area contributed by atoms with Crippen molar-refractivity contribution in [2.75, 3.05) is 0 Å². The summed E-state index contributed by atoms with van der Waals surface area (Å²) < 4.78 is 0. The van der Waals surface area contributed by atoms with Crippen LogP contribution >= 0.6 is 21.4 Å². The SMILES string of the molecule is Cc1sc2c(c1S(C#N)(C#N)C#N)C=CCC2. The normalized spacial score (nSPS) is 14.2. The van der Waals surface area contributed by atoms with Crippen molar-refractivity contribution in [3.05, 3.63) is 21.4 Å². The van der Waals surface area contributed by atoms with Crippen LogP contribution in [0.5, 0.6) is 0 Å². The zero-order valence-corrected chi connectivity index (χ0v) is 10.9. The molecule has 0 fully saturated rings. The Labute approximate surface area is 106 Å². The number of hydrogen-bond donors (Lipinski definition) is 0. The van der Waals surface area contributed by atoms with Gasteiger partial charge >= 0.3 is 0 Å². The predicted molar refractivity (Wildman–Crippen MR) is 69.1 cm³/mol. The number of thiocyanates is 3. The standard InChI is InChI=1S/C12H9N3S2/c1-9-12(17(6-13,7-14)8-15)10-4-2-3-5-11(10)16-9/h2,4H,3,5H2,1H3. The van der Waals surface area contributed by atoms with Crippen LogP contribution in [0.15, 0.2) is 11.0 Å². The van der Waals surface area contributed by atoms with Crippen LogP contribution in [-0.4, -0.2) is 0 Å². The minimum Gasteiger partial charge on any atom is -0.184 e. The Hall–Kier alpha value is -1.74. The minimum absolute atomic E-state index is 0.668. The summed E-state index contributed by atoms with van der Waals surface area (Å²) in [6.45, 7) is 1.89. The second-order valence-corrected chi connectivity index (χ2v) is 7.14. The molecule has 0 spiro atoms. The van der Waals surface area contributed by atoms with E-state index in [0.29, 0.717) is 4.90 Å². The fraction of sp³-hybridized carbons (Fsp3) is 0.250. The van der Waals surface area contributed by atoms with Crippen molar-refractivity contribution < 1.29 is 0 Å². The first-order chi connectivity index (χ1) is 8.18. The average molecular weight is 259 g/mol. The zero-order chi connectivity index (χ0) is 12.5. The maximum Gasteiger partial charge on any atom is 0.145 e. The van der Waals surface area contributed by atoms with Crippen molar-refractivity contribution in [2.24, 2.45) is 0 Å². The molecule has 1 aliphatic rings. The largest absolute Gasteiger partial charge is 0.184 e. The van der Waals surface area contributed by atoms with Crippen LogP contribution in [0.3, 0.4) is 0 Å². The molecule has 0 amide bonds. The van der Waals surface area contributed by atoms with Crippen molar-refractivity contribution in [3.63, 3.8) is 0 Å². The van der Waals surface area contributed by atoms with Gasteiger partial charge in [0.05, 0.1) is 14.9 Å². The lowest BCUT2D eigenvalue weighted by molar-refractivity contribution is 1.01. The fourth-order valence-electron chi connectivity index (χ4n) is 1.95. The summed E-state index contributed by atoms with van der Waals surface area (Å²) in [7, 11) is -2.64. The summed E-state index contributed by atoms with van der Waals surface area (Å²) in [5.41, 5.74) is 0.943. The molecule has 0 radical (unpaired) electrons. The second-order valence-electron chi connectivity index (χ2n) is 3.65. The monoisotopic (exact) mass is 259 g/mol. The van der Waals surface area contributed by atoms with Gasteiger partial charge in [0.15, 0.2) is 0 Å². The van der Waals surface area contributed by atoms with Gasteiger partial charge in [0, 0.05) is 15.3 Å². The smallest absolute Gasteiger partial charge is 0.145 e. The van der Waals surface area contributed by atoms with Crippen LogP contribution in [0.1, 0.15) is 21.7 Å². The quantitative estimate of drug-likeness (QED) is 0.723. The van der Waals surface area contributed by atoms with Gasteiger partial charge in [-0.1, -0.05) is 12.2 Å². The number of nitrogens with zero attached hydrogens (tertiary/aromatic N) is 3. The predicted octanol–water partition coefficient (Wildman–Crippen LogP) is 3.62. The molecule has 17 heavy (non-hydrogen) atoms. The highest BCUT2D eigenvalue weighted by Crippen LogP contribution is 2.58. The van der Waals surface area contributed by atoms with E-state index in [9.17, 15) is 15.8 Å². The van der Waals surface area contributed by atoms with Crippen LogP contribution in [0.2, 0.25) is 0 Å². The Morgan fingerprint density at radius 1 is 1.24 bits per heavy atom. The molecule has 0 bridgehead atoms. The Morgan fingerprint density at radius 3 is 2.47 bits per heavy atom. The van der Waals surface area contributed by atoms with Crippen LogP contribution in [0.4, 0.5) is 0 Å². The summed E-state index contributed by atoms with van der Waals surface area (Å²) in [5, 5.41) is 33.4. The molecule has 1 aromatic heterocycles. The number of fused-ring (bicyclic) bond motifs is 1. The first kappa shape index (κ1) is 11.7. The van der Waals surface area contributed by atoms with Crippen molar-refractivity contribution in [2.45, 2.75) is 24.7 Å². The van der Waals surface area contributed by atoms with Crippen molar-refractivity contribution in [1.29, 1.82) is 15.8 Å². The molecule has 0 atom stereocenters. The Balaban J connectivity index is 2.75. The van der Waals surface area contributed by atoms with Crippen molar-refractivity contribution in [3.8, 4) is 16.2 Å². The van der Waals surface area contributed by atoms with Crippen LogP contribution < -0.4 is 0 Å². The lowest BCUT2D eigenvalue weighted by Gasteiger charge is -2.17. The van der Waals surface area contributed by atoms with Crippen molar-refractivity contribution >= 4 is 27.4 Å². The first-order valence-electron chi connectivity index (χ1n) is 5.03. The lowest BCUT2D eigenvalue weighted by atomic mass is 10.1. The summed E-state index contributed by atoms with van der Waals surface area (Å²) in [6, 6.07) is 0. The van der Waals surface area contributed by atoms with E-state index in [2.05, 4.69) is 0 Å². The molecular weight excluding hydrogens is 250 g/mol. The Bertz CT molecular complexity index is 584. The molecule has 0 N–H and O–H groups in total. The molecule has 0 aliphatic heterocycles. The number of rotatable bonds is 1. The highest BCUT2D eigenvalue weighted by Gasteiger charge is 2.33. The molecule has 1 aromatic rings. The van der Waals surface area contributed by atoms with E-state index in [1.807, 2.05) is 35.3 Å². The van der Waals surface area contributed by atoms with E-state index < -0.39 is 10.0 Å². The van der Waals surface area contributed by atoms with Gasteiger partial charge in [-0.25, -0.2) is 0 Å². The molecule has 1 aliphatic carbocycles. The Kier molecular flexibility index (Phi) is 2.94. The third kappa shape index (κ3) is 1.63. The van der Waals surface area contributed by atoms with E-state index in [1.54, 1.807) is 11.3 Å². The molecule has 84 valence electrons. The summed E-state index contributed by atoms with van der Waals surface area (Å²) >= 11 is 1.61. The summed E-state index contributed by atoms with van der Waals surface area (Å²) in [4.78, 5) is 2.79. The number of nitriles is 3. The molecule has 0 saturated heterocycles. The molecule has 0 saturated carbocycles. The number of allylic oxidation sites excluding steroid dienone is 1. The highest BCUT2D eigenvalue weighted by molar-refractivity contribution is 8.44. The summed E-state index contributed by atoms with van der Waals surface area (Å²) in [6.07, 6.45) is 5.91. The number of thiophene rings is 1. The van der Waals surface area contributed by atoms with E-state index in [-0.39, 0.29) is 0 Å². The number of aryl methyl sites for hydroxylation is 2. The molecule has 1 heterocycles. The highest BCUT2D eigenvalue weighted by atomic mass is 32.3. The van der Waals surface area contributed by atoms with Gasteiger partial charge in [0.25, 0.3) is 0 Å². The van der Waals surface area contributed by atoms with Gasteiger partial charge in [-0.3, -0.25) is 0 Å². The molecule has 0 aromatic carbocycles. The van der Waals surface area contributed by atoms with Gasteiger partial charge in [-0.2, -0.15) is 15.8 Å². The maximum atomic E-state index is 9.20. The van der Waals surface area contributed by atoms with Gasteiger partial charge in [0.1, 0.15) is 16.2 Å². The first-order valence-corrected chi connectivity index (χ1v) is 7.48. The summed E-state index contributed by atoms with van der Waals surface area (Å²) in [5.74, 6) is 0. The van der Waals surface area contributed by atoms with Gasteiger partial charge < -0.3 is 0 Å². The van der Waals surface area contributed by atoms with E-state index >= 15 is 0 Å². The van der Waals surface area contributed by atoms with Gasteiger partial charge in [0.2, 0.25) is 0 Å². The topological polar surface area (TPSA) is 71.4 Å². The van der Waals surface area contributed by atoms with Gasteiger partial charge in [-0.15, -0.1) is 11.3 Å². The maximum absolute atomic E-state index is 9.20. The zero-order valence-electron chi connectivity index (χ0n) is 9.23.